The number of carbonyl (C=O) groups excluding carboxylic acids is 1. The van der Waals surface area contributed by atoms with Gasteiger partial charge >= 0.3 is 5.97 Å². The van der Waals surface area contributed by atoms with E-state index in [0.29, 0.717) is 16.9 Å². The Kier molecular flexibility index (Phi) is 3.82. The average molecular weight is 268 g/mol. The van der Waals surface area contributed by atoms with E-state index in [9.17, 15) is 4.79 Å². The van der Waals surface area contributed by atoms with Crippen molar-refractivity contribution in [3.63, 3.8) is 0 Å². The van der Waals surface area contributed by atoms with Gasteiger partial charge in [0.25, 0.3) is 0 Å². The van der Waals surface area contributed by atoms with Gasteiger partial charge in [0.2, 0.25) is 0 Å². The Hall–Kier alpha value is -3.07. The van der Waals surface area contributed by atoms with Crippen molar-refractivity contribution < 1.29 is 9.53 Å². The second-order valence-corrected chi connectivity index (χ2v) is 3.94. The molecule has 6 nitrogen and oxygen atoms in total. The molecule has 2 rings (SSSR count). The molecule has 0 aliphatic heterocycles. The van der Waals surface area contributed by atoms with Gasteiger partial charge in [-0.1, -0.05) is 12.1 Å². The van der Waals surface area contributed by atoms with Crippen LogP contribution in [0.1, 0.15) is 15.9 Å². The van der Waals surface area contributed by atoms with Gasteiger partial charge in [-0.15, -0.1) is 0 Å². The summed E-state index contributed by atoms with van der Waals surface area (Å²) in [6.07, 6.45) is 1.42. The Morgan fingerprint density at radius 3 is 2.90 bits per heavy atom. The molecule has 20 heavy (non-hydrogen) atoms. The lowest BCUT2D eigenvalue weighted by Crippen LogP contribution is -2.08. The molecule has 0 fully saturated rings. The first-order valence-corrected chi connectivity index (χ1v) is 5.75. The van der Waals surface area contributed by atoms with Crippen molar-refractivity contribution in [1.82, 2.24) is 4.98 Å². The monoisotopic (exact) mass is 268 g/mol. The second kappa shape index (κ2) is 5.71. The minimum atomic E-state index is -0.554. The highest BCUT2D eigenvalue weighted by Gasteiger charge is 2.15. The summed E-state index contributed by atoms with van der Waals surface area (Å²) < 4.78 is 4.69. The third-order valence-electron chi connectivity index (χ3n) is 2.61. The van der Waals surface area contributed by atoms with Crippen LogP contribution in [0.5, 0.6) is 0 Å². The van der Waals surface area contributed by atoms with E-state index in [1.54, 1.807) is 24.3 Å². The predicted molar refractivity (Wildman–Crippen MR) is 74.4 cm³/mol. The minimum Gasteiger partial charge on any atom is -0.465 e. The fraction of sp³-hybridized carbons (Fsp3) is 0.0714. The van der Waals surface area contributed by atoms with Gasteiger partial charge in [0.05, 0.1) is 30.2 Å². The zero-order chi connectivity index (χ0) is 14.5. The zero-order valence-corrected chi connectivity index (χ0v) is 10.8. The van der Waals surface area contributed by atoms with E-state index < -0.39 is 5.97 Å². The molecular weight excluding hydrogens is 256 g/mol. The molecule has 1 aromatic carbocycles. The summed E-state index contributed by atoms with van der Waals surface area (Å²) in [5.74, 6) is -0.268. The predicted octanol–water partition coefficient (Wildman–Crippen LogP) is 2.07. The van der Waals surface area contributed by atoms with Crippen LogP contribution in [0.2, 0.25) is 0 Å². The van der Waals surface area contributed by atoms with Crippen LogP contribution in [0.4, 0.5) is 17.2 Å². The van der Waals surface area contributed by atoms with Crippen LogP contribution in [0, 0.1) is 11.3 Å². The summed E-state index contributed by atoms with van der Waals surface area (Å²) >= 11 is 0. The molecule has 0 amide bonds. The minimum absolute atomic E-state index is 0.209. The van der Waals surface area contributed by atoms with E-state index in [0.717, 1.165) is 0 Å². The highest BCUT2D eigenvalue weighted by molar-refractivity contribution is 5.96. The highest BCUT2D eigenvalue weighted by atomic mass is 16.5. The van der Waals surface area contributed by atoms with Crippen molar-refractivity contribution >= 4 is 23.2 Å². The van der Waals surface area contributed by atoms with Crippen molar-refractivity contribution in [3.05, 3.63) is 47.7 Å². The van der Waals surface area contributed by atoms with E-state index in [-0.39, 0.29) is 11.4 Å². The number of methoxy groups -OCH3 is 1. The number of hydrogen-bond acceptors (Lipinski definition) is 6. The number of pyridine rings is 1. The Morgan fingerprint density at radius 1 is 1.45 bits per heavy atom. The number of ether oxygens (including phenoxy) is 1. The number of aromatic nitrogens is 1. The maximum absolute atomic E-state index is 11.7. The van der Waals surface area contributed by atoms with Gasteiger partial charge in [-0.05, 0) is 18.2 Å². The number of nitrogens with one attached hydrogen (secondary N) is 1. The fourth-order valence-corrected chi connectivity index (χ4v) is 1.66. The summed E-state index contributed by atoms with van der Waals surface area (Å²) in [6, 6.07) is 10.4. The zero-order valence-electron chi connectivity index (χ0n) is 10.8. The molecule has 3 N–H and O–H groups in total. The molecule has 100 valence electrons. The van der Waals surface area contributed by atoms with Crippen molar-refractivity contribution in [2.24, 2.45) is 0 Å². The number of nitrogens with zero attached hydrogens (tertiary/aromatic N) is 2. The van der Waals surface area contributed by atoms with Gasteiger partial charge in [0.15, 0.2) is 0 Å². The summed E-state index contributed by atoms with van der Waals surface area (Å²) in [7, 11) is 1.28. The fourth-order valence-electron chi connectivity index (χ4n) is 1.66. The van der Waals surface area contributed by atoms with Crippen LogP contribution in [0.3, 0.4) is 0 Å². The number of hydrogen-bond donors (Lipinski definition) is 2. The van der Waals surface area contributed by atoms with Crippen LogP contribution < -0.4 is 11.1 Å². The van der Waals surface area contributed by atoms with Crippen molar-refractivity contribution in [1.29, 1.82) is 5.26 Å². The molecule has 0 bridgehead atoms. The van der Waals surface area contributed by atoms with Gasteiger partial charge in [0.1, 0.15) is 17.5 Å². The molecule has 0 radical (unpaired) electrons. The van der Waals surface area contributed by atoms with Crippen molar-refractivity contribution in [2.75, 3.05) is 18.2 Å². The topological polar surface area (TPSA) is 101 Å². The summed E-state index contributed by atoms with van der Waals surface area (Å²) in [5.41, 5.74) is 7.18. The number of rotatable bonds is 3. The highest BCUT2D eigenvalue weighted by Crippen LogP contribution is 2.23. The first kappa shape index (κ1) is 13.4. The average Bonchev–Trinajstić information content (AvgIpc) is 2.48. The van der Waals surface area contributed by atoms with Crippen LogP contribution in [0.25, 0.3) is 0 Å². The molecule has 0 aliphatic carbocycles. The molecule has 6 heteroatoms. The summed E-state index contributed by atoms with van der Waals surface area (Å²) in [5, 5.41) is 12.0. The number of esters is 1. The van der Waals surface area contributed by atoms with Crippen molar-refractivity contribution in [2.45, 2.75) is 0 Å². The molecule has 0 spiro atoms. The number of nitrogen functional groups attached to an aromatic ring is 1. The van der Waals surface area contributed by atoms with E-state index in [1.807, 2.05) is 0 Å². The Bertz CT molecular complexity index is 692. The van der Waals surface area contributed by atoms with E-state index in [2.05, 4.69) is 21.1 Å². The van der Waals surface area contributed by atoms with Gasteiger partial charge in [-0.2, -0.15) is 5.26 Å². The number of anilines is 3. The molecule has 0 unspecified atom stereocenters. The SMILES string of the molecule is COC(=O)c1cc(N)cnc1Nc1ccccc1C#N. The van der Waals surface area contributed by atoms with Gasteiger partial charge < -0.3 is 15.8 Å². The molecular formula is C14H12N4O2. The standard InChI is InChI=1S/C14H12N4O2/c1-20-14(19)11-6-10(16)8-17-13(11)18-12-5-3-2-4-9(12)7-15/h2-6,8H,16H2,1H3,(H,17,18). The largest absolute Gasteiger partial charge is 0.465 e. The molecule has 1 aromatic heterocycles. The maximum Gasteiger partial charge on any atom is 0.341 e. The first-order chi connectivity index (χ1) is 9.65. The Balaban J connectivity index is 2.44. The molecule has 0 aliphatic rings. The maximum atomic E-state index is 11.7. The normalized spacial score (nSPS) is 9.60. The molecule has 0 atom stereocenters. The lowest BCUT2D eigenvalue weighted by Gasteiger charge is -2.11. The second-order valence-electron chi connectivity index (χ2n) is 3.94. The first-order valence-electron chi connectivity index (χ1n) is 5.75. The third-order valence-corrected chi connectivity index (χ3v) is 2.61. The van der Waals surface area contributed by atoms with E-state index >= 15 is 0 Å². The smallest absolute Gasteiger partial charge is 0.341 e. The van der Waals surface area contributed by atoms with Gasteiger partial charge in [-0.3, -0.25) is 0 Å². The van der Waals surface area contributed by atoms with Gasteiger partial charge in [-0.25, -0.2) is 9.78 Å². The lowest BCUT2D eigenvalue weighted by atomic mass is 10.2. The van der Waals surface area contributed by atoms with Crippen LogP contribution in [-0.2, 0) is 4.74 Å². The lowest BCUT2D eigenvalue weighted by molar-refractivity contribution is 0.0601. The number of para-hydroxylation sites is 1. The van der Waals surface area contributed by atoms with E-state index in [1.165, 1.54) is 19.4 Å². The quantitative estimate of drug-likeness (QED) is 0.826. The molecule has 0 saturated heterocycles. The molecule has 0 saturated carbocycles. The number of nitriles is 1. The van der Waals surface area contributed by atoms with Crippen LogP contribution in [-0.4, -0.2) is 18.1 Å². The van der Waals surface area contributed by atoms with Crippen LogP contribution in [0.15, 0.2) is 36.5 Å². The number of benzene rings is 1. The van der Waals surface area contributed by atoms with Crippen LogP contribution >= 0.6 is 0 Å². The van der Waals surface area contributed by atoms with Crippen molar-refractivity contribution in [3.8, 4) is 6.07 Å². The third kappa shape index (κ3) is 2.67. The van der Waals surface area contributed by atoms with E-state index in [4.69, 9.17) is 11.0 Å². The summed E-state index contributed by atoms with van der Waals surface area (Å²) in [6.45, 7) is 0. The summed E-state index contributed by atoms with van der Waals surface area (Å²) in [4.78, 5) is 15.8. The van der Waals surface area contributed by atoms with Gasteiger partial charge in [0, 0.05) is 0 Å². The molecule has 1 heterocycles. The number of nitrogens with two attached hydrogens (primary N) is 1. The number of carbonyl (C=O) groups is 1. The Morgan fingerprint density at radius 2 is 2.20 bits per heavy atom. The molecule has 2 aromatic rings. The Labute approximate surface area is 115 Å².